The van der Waals surface area contributed by atoms with Crippen LogP contribution in [0, 0.1) is 5.82 Å². The first-order valence-corrected chi connectivity index (χ1v) is 8.18. The first kappa shape index (κ1) is 17.2. The SMILES string of the molecule is O=C(Oc1ccccc1)N1CCN(C(=O)c2ccc(F)c(Cl)c2)CC1. The summed E-state index contributed by atoms with van der Waals surface area (Å²) < 4.78 is 18.5. The Kier molecular flexibility index (Phi) is 5.19. The van der Waals surface area contributed by atoms with Crippen LogP contribution in [0.3, 0.4) is 0 Å². The van der Waals surface area contributed by atoms with E-state index in [1.54, 1.807) is 34.1 Å². The van der Waals surface area contributed by atoms with E-state index in [4.69, 9.17) is 16.3 Å². The van der Waals surface area contributed by atoms with Crippen molar-refractivity contribution in [2.24, 2.45) is 0 Å². The average molecular weight is 363 g/mol. The zero-order valence-electron chi connectivity index (χ0n) is 13.3. The van der Waals surface area contributed by atoms with Crippen LogP contribution >= 0.6 is 11.6 Å². The second-order valence-electron chi connectivity index (χ2n) is 5.59. The quantitative estimate of drug-likeness (QED) is 0.822. The van der Waals surface area contributed by atoms with E-state index < -0.39 is 11.9 Å². The lowest BCUT2D eigenvalue weighted by molar-refractivity contribution is 0.0633. The van der Waals surface area contributed by atoms with E-state index in [1.165, 1.54) is 18.2 Å². The molecular weight excluding hydrogens is 347 g/mol. The molecule has 130 valence electrons. The molecule has 2 amide bonds. The normalized spacial score (nSPS) is 14.3. The fourth-order valence-electron chi connectivity index (χ4n) is 2.56. The third-order valence-corrected chi connectivity index (χ3v) is 4.23. The Morgan fingerprint density at radius 2 is 1.60 bits per heavy atom. The molecule has 0 N–H and O–H groups in total. The molecule has 0 aliphatic carbocycles. The summed E-state index contributed by atoms with van der Waals surface area (Å²) in [5, 5.41) is -0.0871. The number of ether oxygens (including phenoxy) is 1. The van der Waals surface area contributed by atoms with Crippen molar-refractivity contribution in [3.63, 3.8) is 0 Å². The van der Waals surface area contributed by atoms with Crippen LogP contribution in [0.1, 0.15) is 10.4 Å². The highest BCUT2D eigenvalue weighted by molar-refractivity contribution is 6.31. The Morgan fingerprint density at radius 1 is 0.960 bits per heavy atom. The fourth-order valence-corrected chi connectivity index (χ4v) is 2.74. The van der Waals surface area contributed by atoms with Gasteiger partial charge in [-0.2, -0.15) is 0 Å². The largest absolute Gasteiger partial charge is 0.415 e. The lowest BCUT2D eigenvalue weighted by Crippen LogP contribution is -2.51. The number of hydrogen-bond donors (Lipinski definition) is 0. The topological polar surface area (TPSA) is 49.9 Å². The van der Waals surface area contributed by atoms with E-state index >= 15 is 0 Å². The number of carbonyl (C=O) groups excluding carboxylic acids is 2. The van der Waals surface area contributed by atoms with Gasteiger partial charge in [0.2, 0.25) is 0 Å². The predicted octanol–water partition coefficient (Wildman–Crippen LogP) is 3.44. The molecule has 0 unspecified atom stereocenters. The van der Waals surface area contributed by atoms with E-state index in [0.717, 1.165) is 0 Å². The van der Waals surface area contributed by atoms with Crippen molar-refractivity contribution in [1.82, 2.24) is 9.80 Å². The van der Waals surface area contributed by atoms with Gasteiger partial charge in [-0.25, -0.2) is 9.18 Å². The zero-order chi connectivity index (χ0) is 17.8. The van der Waals surface area contributed by atoms with Gasteiger partial charge in [-0.15, -0.1) is 0 Å². The fraction of sp³-hybridized carbons (Fsp3) is 0.222. The van der Waals surface area contributed by atoms with Gasteiger partial charge in [-0.1, -0.05) is 29.8 Å². The molecule has 0 aromatic heterocycles. The Bertz CT molecular complexity index is 777. The van der Waals surface area contributed by atoms with Crippen LogP contribution in [0.5, 0.6) is 5.75 Å². The van der Waals surface area contributed by atoms with Crippen LogP contribution in [-0.2, 0) is 0 Å². The molecule has 7 heteroatoms. The summed E-state index contributed by atoms with van der Waals surface area (Å²) in [4.78, 5) is 27.7. The monoisotopic (exact) mass is 362 g/mol. The number of hydrogen-bond acceptors (Lipinski definition) is 3. The Labute approximate surface area is 149 Å². The highest BCUT2D eigenvalue weighted by Gasteiger charge is 2.26. The van der Waals surface area contributed by atoms with Crippen molar-refractivity contribution < 1.29 is 18.7 Å². The molecule has 25 heavy (non-hydrogen) atoms. The Morgan fingerprint density at radius 3 is 2.24 bits per heavy atom. The van der Waals surface area contributed by atoms with Crippen LogP contribution < -0.4 is 4.74 Å². The van der Waals surface area contributed by atoms with Gasteiger partial charge in [-0.3, -0.25) is 4.79 Å². The van der Waals surface area contributed by atoms with Gasteiger partial charge >= 0.3 is 6.09 Å². The van der Waals surface area contributed by atoms with Crippen LogP contribution in [-0.4, -0.2) is 48.0 Å². The number of piperazine rings is 1. The minimum Gasteiger partial charge on any atom is -0.410 e. The molecular formula is C18H16ClFN2O3. The Balaban J connectivity index is 1.57. The van der Waals surface area contributed by atoms with Crippen molar-refractivity contribution in [2.75, 3.05) is 26.2 Å². The molecule has 1 aliphatic heterocycles. The molecule has 1 heterocycles. The van der Waals surface area contributed by atoms with Crippen LogP contribution in [0.2, 0.25) is 5.02 Å². The number of nitrogens with zero attached hydrogens (tertiary/aromatic N) is 2. The molecule has 0 spiro atoms. The average Bonchev–Trinajstić information content (AvgIpc) is 2.64. The van der Waals surface area contributed by atoms with Crippen molar-refractivity contribution >= 4 is 23.6 Å². The van der Waals surface area contributed by atoms with Gasteiger partial charge in [0.15, 0.2) is 0 Å². The van der Waals surface area contributed by atoms with Gasteiger partial charge in [-0.05, 0) is 30.3 Å². The number of carbonyl (C=O) groups is 2. The summed E-state index contributed by atoms with van der Waals surface area (Å²) in [6, 6.07) is 12.7. The maximum atomic E-state index is 13.2. The maximum Gasteiger partial charge on any atom is 0.415 e. The molecule has 2 aromatic rings. The number of halogens is 2. The minimum atomic E-state index is -0.563. The van der Waals surface area contributed by atoms with Gasteiger partial charge in [0.25, 0.3) is 5.91 Å². The highest BCUT2D eigenvalue weighted by Crippen LogP contribution is 2.18. The summed E-state index contributed by atoms with van der Waals surface area (Å²) in [6.45, 7) is 1.48. The highest BCUT2D eigenvalue weighted by atomic mass is 35.5. The third kappa shape index (κ3) is 4.09. The summed E-state index contributed by atoms with van der Waals surface area (Å²) >= 11 is 5.72. The maximum absolute atomic E-state index is 13.2. The summed E-state index contributed by atoms with van der Waals surface area (Å²) in [6.07, 6.45) is -0.442. The van der Waals surface area contributed by atoms with Gasteiger partial charge in [0.05, 0.1) is 5.02 Å². The number of amides is 2. The predicted molar refractivity (Wildman–Crippen MR) is 91.4 cm³/mol. The number of benzene rings is 2. The van der Waals surface area contributed by atoms with E-state index in [0.29, 0.717) is 37.5 Å². The van der Waals surface area contributed by atoms with E-state index in [2.05, 4.69) is 0 Å². The van der Waals surface area contributed by atoms with E-state index in [1.807, 2.05) is 6.07 Å². The lowest BCUT2D eigenvalue weighted by Gasteiger charge is -2.34. The second-order valence-corrected chi connectivity index (χ2v) is 6.00. The van der Waals surface area contributed by atoms with Crippen LogP contribution in [0.4, 0.5) is 9.18 Å². The summed E-state index contributed by atoms with van der Waals surface area (Å²) in [5.41, 5.74) is 0.326. The molecule has 1 fully saturated rings. The smallest absolute Gasteiger partial charge is 0.410 e. The molecule has 1 saturated heterocycles. The molecule has 2 aromatic carbocycles. The van der Waals surface area contributed by atoms with Gasteiger partial charge in [0, 0.05) is 31.7 Å². The van der Waals surface area contributed by atoms with Crippen molar-refractivity contribution in [3.8, 4) is 5.75 Å². The van der Waals surface area contributed by atoms with Crippen molar-refractivity contribution in [1.29, 1.82) is 0 Å². The van der Waals surface area contributed by atoms with E-state index in [-0.39, 0.29) is 10.9 Å². The molecule has 1 aliphatic rings. The van der Waals surface area contributed by atoms with Crippen molar-refractivity contribution in [3.05, 3.63) is 64.9 Å². The van der Waals surface area contributed by atoms with Gasteiger partial charge in [0.1, 0.15) is 11.6 Å². The molecule has 0 radical (unpaired) electrons. The minimum absolute atomic E-state index is 0.0871. The number of rotatable bonds is 2. The molecule has 0 bridgehead atoms. The molecule has 0 atom stereocenters. The second kappa shape index (κ2) is 7.53. The Hall–Kier alpha value is -2.60. The summed E-state index contributed by atoms with van der Waals surface area (Å²) in [5.74, 6) is -0.323. The molecule has 0 saturated carbocycles. The van der Waals surface area contributed by atoms with Crippen LogP contribution in [0.25, 0.3) is 0 Å². The standard InChI is InChI=1S/C18H16ClFN2O3/c19-15-12-13(6-7-16(15)20)17(23)21-8-10-22(11-9-21)18(24)25-14-4-2-1-3-5-14/h1-7,12H,8-11H2. The first-order valence-electron chi connectivity index (χ1n) is 7.81. The van der Waals surface area contributed by atoms with Crippen LogP contribution in [0.15, 0.2) is 48.5 Å². The lowest BCUT2D eigenvalue weighted by atomic mass is 10.2. The third-order valence-electron chi connectivity index (χ3n) is 3.94. The van der Waals surface area contributed by atoms with Gasteiger partial charge < -0.3 is 14.5 Å². The first-order chi connectivity index (χ1) is 12.0. The zero-order valence-corrected chi connectivity index (χ0v) is 14.1. The van der Waals surface area contributed by atoms with E-state index in [9.17, 15) is 14.0 Å². The number of para-hydroxylation sites is 1. The molecule has 5 nitrogen and oxygen atoms in total. The van der Waals surface area contributed by atoms with Crippen molar-refractivity contribution in [2.45, 2.75) is 0 Å². The summed E-state index contributed by atoms with van der Waals surface area (Å²) in [7, 11) is 0. The molecule has 3 rings (SSSR count).